The number of unbranched alkanes of at least 4 members (excludes halogenated alkanes) is 3. The highest BCUT2D eigenvalue weighted by Gasteiger charge is 1.80. The van der Waals surface area contributed by atoms with Crippen LogP contribution in [0, 0.1) is 0 Å². The van der Waals surface area contributed by atoms with E-state index < -0.39 is 0 Å². The van der Waals surface area contributed by atoms with Gasteiger partial charge in [-0.15, -0.1) is 0 Å². The summed E-state index contributed by atoms with van der Waals surface area (Å²) in [5, 5.41) is 11.0. The van der Waals surface area contributed by atoms with E-state index in [1.807, 2.05) is 14.1 Å². The first kappa shape index (κ1) is 12.6. The number of hydrogen-bond acceptors (Lipinski definition) is 2. The zero-order valence-corrected chi connectivity index (χ0v) is 7.48. The normalized spacial score (nSPS) is 8.40. The molecule has 0 heterocycles. The van der Waals surface area contributed by atoms with Crippen LogP contribution in [0.1, 0.15) is 32.6 Å². The van der Waals surface area contributed by atoms with Gasteiger partial charge >= 0.3 is 0 Å². The molecule has 0 amide bonds. The first-order chi connectivity index (χ1) is 4.83. The van der Waals surface area contributed by atoms with Gasteiger partial charge in [0.05, 0.1) is 0 Å². The van der Waals surface area contributed by atoms with E-state index >= 15 is 0 Å². The van der Waals surface area contributed by atoms with Gasteiger partial charge < -0.3 is 10.4 Å². The molecule has 0 saturated heterocycles. The maximum atomic E-state index is 8.29. The number of aliphatic hydroxyl groups is 1. The standard InChI is InChI=1S/C6H14O.C2H7N/c1-2-3-4-5-6-7;1-3-2/h7H,2-6H2,1H3;3H,1-2H3. The molecule has 0 unspecified atom stereocenters. The molecule has 2 nitrogen and oxygen atoms in total. The molecule has 0 aromatic heterocycles. The SMILES string of the molecule is CCCCCCO.CNC. The van der Waals surface area contributed by atoms with Crippen LogP contribution in [0.25, 0.3) is 0 Å². The summed E-state index contributed by atoms with van der Waals surface area (Å²) in [5.41, 5.74) is 0. The van der Waals surface area contributed by atoms with Gasteiger partial charge in [-0.05, 0) is 20.5 Å². The fourth-order valence-corrected chi connectivity index (χ4v) is 0.539. The highest BCUT2D eigenvalue weighted by molar-refractivity contribution is 4.35. The first-order valence-corrected chi connectivity index (χ1v) is 4.02. The van der Waals surface area contributed by atoms with Crippen molar-refractivity contribution < 1.29 is 5.11 Å². The molecule has 0 rings (SSSR count). The lowest BCUT2D eigenvalue weighted by Gasteiger charge is -1.90. The first-order valence-electron chi connectivity index (χ1n) is 4.02. The Morgan fingerprint density at radius 1 is 1.10 bits per heavy atom. The number of hydrogen-bond donors (Lipinski definition) is 2. The van der Waals surface area contributed by atoms with Gasteiger partial charge in [0, 0.05) is 6.61 Å². The minimum Gasteiger partial charge on any atom is -0.396 e. The Hall–Kier alpha value is -0.0800. The molecule has 0 aliphatic carbocycles. The number of rotatable bonds is 4. The van der Waals surface area contributed by atoms with Crippen LogP contribution in [-0.2, 0) is 0 Å². The van der Waals surface area contributed by atoms with Crippen molar-refractivity contribution in [3.8, 4) is 0 Å². The van der Waals surface area contributed by atoms with Crippen molar-refractivity contribution in [2.24, 2.45) is 0 Å². The zero-order valence-electron chi connectivity index (χ0n) is 7.48. The summed E-state index contributed by atoms with van der Waals surface area (Å²) < 4.78 is 0. The van der Waals surface area contributed by atoms with E-state index in [-0.39, 0.29) is 0 Å². The van der Waals surface area contributed by atoms with Gasteiger partial charge in [-0.2, -0.15) is 0 Å². The third kappa shape index (κ3) is 24.7. The van der Waals surface area contributed by atoms with Crippen LogP contribution in [-0.4, -0.2) is 25.8 Å². The Morgan fingerprint density at radius 3 is 1.90 bits per heavy atom. The minimum atomic E-state index is 0.361. The molecule has 64 valence electrons. The Morgan fingerprint density at radius 2 is 1.60 bits per heavy atom. The summed E-state index contributed by atoms with van der Waals surface area (Å²) in [6.45, 7) is 2.53. The predicted molar refractivity (Wildman–Crippen MR) is 46.2 cm³/mol. The average molecular weight is 147 g/mol. The number of nitrogens with one attached hydrogen (secondary N) is 1. The van der Waals surface area contributed by atoms with Crippen molar-refractivity contribution in [1.29, 1.82) is 0 Å². The summed E-state index contributed by atoms with van der Waals surface area (Å²) in [6, 6.07) is 0. The summed E-state index contributed by atoms with van der Waals surface area (Å²) in [4.78, 5) is 0. The lowest BCUT2D eigenvalue weighted by Crippen LogP contribution is -1.89. The molecule has 2 heteroatoms. The Balaban J connectivity index is 0. The summed E-state index contributed by atoms with van der Waals surface area (Å²) >= 11 is 0. The molecule has 0 aliphatic rings. The molecule has 0 bridgehead atoms. The fourth-order valence-electron chi connectivity index (χ4n) is 0.539. The van der Waals surface area contributed by atoms with Crippen LogP contribution >= 0.6 is 0 Å². The molecule has 0 spiro atoms. The molecule has 0 aromatic carbocycles. The van der Waals surface area contributed by atoms with Gasteiger partial charge in [0.25, 0.3) is 0 Å². The van der Waals surface area contributed by atoms with Crippen molar-refractivity contribution in [3.63, 3.8) is 0 Å². The minimum absolute atomic E-state index is 0.361. The lowest BCUT2D eigenvalue weighted by atomic mass is 10.2. The van der Waals surface area contributed by atoms with E-state index in [2.05, 4.69) is 12.2 Å². The molecule has 0 atom stereocenters. The van der Waals surface area contributed by atoms with E-state index in [0.29, 0.717) is 6.61 Å². The maximum Gasteiger partial charge on any atom is 0.0431 e. The van der Waals surface area contributed by atoms with Crippen LogP contribution in [0.2, 0.25) is 0 Å². The van der Waals surface area contributed by atoms with E-state index in [1.54, 1.807) is 0 Å². The maximum absolute atomic E-state index is 8.29. The molecule has 0 saturated carbocycles. The Labute approximate surface area is 64.6 Å². The van der Waals surface area contributed by atoms with Gasteiger partial charge in [0.1, 0.15) is 0 Å². The average Bonchev–Trinajstić information content (AvgIpc) is 1.91. The zero-order chi connectivity index (χ0) is 8.24. The molecule has 0 aliphatic heterocycles. The van der Waals surface area contributed by atoms with Gasteiger partial charge in [0.2, 0.25) is 0 Å². The van der Waals surface area contributed by atoms with Crippen LogP contribution in [0.15, 0.2) is 0 Å². The van der Waals surface area contributed by atoms with Crippen LogP contribution in [0.5, 0.6) is 0 Å². The van der Waals surface area contributed by atoms with E-state index in [9.17, 15) is 0 Å². The predicted octanol–water partition coefficient (Wildman–Crippen LogP) is 1.39. The smallest absolute Gasteiger partial charge is 0.0431 e. The molecule has 0 radical (unpaired) electrons. The van der Waals surface area contributed by atoms with Gasteiger partial charge in [-0.3, -0.25) is 0 Å². The number of aliphatic hydroxyl groups excluding tert-OH is 1. The Kier molecular flexibility index (Phi) is 20.1. The third-order valence-corrected chi connectivity index (χ3v) is 1.01. The molecular formula is C8H21NO. The molecule has 0 aromatic rings. The summed E-state index contributed by atoms with van der Waals surface area (Å²) in [5.74, 6) is 0. The van der Waals surface area contributed by atoms with Crippen molar-refractivity contribution in [1.82, 2.24) is 5.32 Å². The Bertz CT molecular complexity index is 36.2. The topological polar surface area (TPSA) is 32.3 Å². The molecule has 2 N–H and O–H groups in total. The van der Waals surface area contributed by atoms with Crippen molar-refractivity contribution >= 4 is 0 Å². The third-order valence-electron chi connectivity index (χ3n) is 1.01. The molecule has 0 fully saturated rings. The second-order valence-electron chi connectivity index (χ2n) is 2.28. The largest absolute Gasteiger partial charge is 0.396 e. The van der Waals surface area contributed by atoms with Crippen LogP contribution in [0.3, 0.4) is 0 Å². The molecular weight excluding hydrogens is 126 g/mol. The monoisotopic (exact) mass is 147 g/mol. The second-order valence-corrected chi connectivity index (χ2v) is 2.28. The highest BCUT2D eigenvalue weighted by atomic mass is 16.2. The molecule has 10 heavy (non-hydrogen) atoms. The van der Waals surface area contributed by atoms with E-state index in [4.69, 9.17) is 5.11 Å². The van der Waals surface area contributed by atoms with Crippen molar-refractivity contribution in [2.45, 2.75) is 32.6 Å². The summed E-state index contributed by atoms with van der Waals surface area (Å²) in [7, 11) is 3.75. The van der Waals surface area contributed by atoms with E-state index in [0.717, 1.165) is 6.42 Å². The van der Waals surface area contributed by atoms with E-state index in [1.165, 1.54) is 19.3 Å². The van der Waals surface area contributed by atoms with Crippen molar-refractivity contribution in [2.75, 3.05) is 20.7 Å². The lowest BCUT2D eigenvalue weighted by molar-refractivity contribution is 0.283. The fraction of sp³-hybridized carbons (Fsp3) is 1.00. The van der Waals surface area contributed by atoms with Crippen LogP contribution < -0.4 is 5.32 Å². The second kappa shape index (κ2) is 16.0. The quantitative estimate of drug-likeness (QED) is 0.589. The van der Waals surface area contributed by atoms with Gasteiger partial charge in [0.15, 0.2) is 0 Å². The highest BCUT2D eigenvalue weighted by Crippen LogP contribution is 1.95. The van der Waals surface area contributed by atoms with Gasteiger partial charge in [-0.1, -0.05) is 26.2 Å². The summed E-state index contributed by atoms with van der Waals surface area (Å²) in [6.07, 6.45) is 4.68. The van der Waals surface area contributed by atoms with Crippen LogP contribution in [0.4, 0.5) is 0 Å². The van der Waals surface area contributed by atoms with Crippen molar-refractivity contribution in [3.05, 3.63) is 0 Å². The van der Waals surface area contributed by atoms with Gasteiger partial charge in [-0.25, -0.2) is 0 Å².